The van der Waals surface area contributed by atoms with E-state index in [9.17, 15) is 4.79 Å². The van der Waals surface area contributed by atoms with Gasteiger partial charge in [0, 0.05) is 6.42 Å². The minimum Gasteiger partial charge on any atom is -0.369 e. The Bertz CT molecular complexity index is 1070. The van der Waals surface area contributed by atoms with Crippen LogP contribution in [0.15, 0.2) is 41.2 Å². The predicted octanol–water partition coefficient (Wildman–Crippen LogP) is 3.35. The van der Waals surface area contributed by atoms with Gasteiger partial charge in [0.2, 0.25) is 0 Å². The molecular formula is C19H19N3O2S. The standard InChI is InChI=1S/C19H19N3O2S/c1-19(2)9-13-8-14-16(20-15(13)11-24-19)17(23)22(18(25)21-14)10-12-6-4-3-5-7-12/h3-8H,9-11H2,1-2H3,(H,21,25). The van der Waals surface area contributed by atoms with Gasteiger partial charge >= 0.3 is 0 Å². The molecule has 2 aromatic heterocycles. The highest BCUT2D eigenvalue weighted by molar-refractivity contribution is 7.71. The van der Waals surface area contributed by atoms with Crippen LogP contribution in [0.3, 0.4) is 0 Å². The summed E-state index contributed by atoms with van der Waals surface area (Å²) in [4.78, 5) is 20.7. The summed E-state index contributed by atoms with van der Waals surface area (Å²) in [5.74, 6) is 0. The lowest BCUT2D eigenvalue weighted by Crippen LogP contribution is -2.33. The summed E-state index contributed by atoms with van der Waals surface area (Å²) < 4.78 is 7.80. The Kier molecular flexibility index (Phi) is 3.81. The number of fused-ring (bicyclic) bond motifs is 2. The number of ether oxygens (including phenoxy) is 1. The third-order valence-electron chi connectivity index (χ3n) is 4.52. The van der Waals surface area contributed by atoms with Crippen molar-refractivity contribution in [3.05, 3.63) is 68.3 Å². The SMILES string of the molecule is CC1(C)Cc2cc3[nH]c(=S)n(Cc4ccccc4)c(=O)c3nc2CO1. The molecule has 0 radical (unpaired) electrons. The first kappa shape index (κ1) is 16.2. The maximum Gasteiger partial charge on any atom is 0.281 e. The molecule has 3 aromatic rings. The summed E-state index contributed by atoms with van der Waals surface area (Å²) in [5, 5.41) is 0. The second-order valence-electron chi connectivity index (χ2n) is 7.02. The van der Waals surface area contributed by atoms with Crippen LogP contribution in [-0.4, -0.2) is 20.1 Å². The monoisotopic (exact) mass is 353 g/mol. The molecule has 1 aliphatic heterocycles. The summed E-state index contributed by atoms with van der Waals surface area (Å²) in [6.07, 6.45) is 0.763. The number of hydrogen-bond acceptors (Lipinski definition) is 4. The highest BCUT2D eigenvalue weighted by Gasteiger charge is 2.27. The summed E-state index contributed by atoms with van der Waals surface area (Å²) in [6, 6.07) is 11.8. The van der Waals surface area contributed by atoms with Crippen LogP contribution in [0.1, 0.15) is 30.7 Å². The number of H-pyrrole nitrogens is 1. The van der Waals surface area contributed by atoms with Crippen molar-refractivity contribution in [3.8, 4) is 0 Å². The van der Waals surface area contributed by atoms with Crippen LogP contribution in [0.25, 0.3) is 11.0 Å². The Balaban J connectivity index is 1.85. The predicted molar refractivity (Wildman–Crippen MR) is 99.3 cm³/mol. The Labute approximate surface area is 150 Å². The lowest BCUT2D eigenvalue weighted by molar-refractivity contribution is -0.0418. The summed E-state index contributed by atoms with van der Waals surface area (Å²) >= 11 is 5.42. The number of benzene rings is 1. The van der Waals surface area contributed by atoms with E-state index in [0.717, 1.165) is 23.2 Å². The number of hydrogen-bond donors (Lipinski definition) is 1. The van der Waals surface area contributed by atoms with Gasteiger partial charge in [-0.25, -0.2) is 4.98 Å². The summed E-state index contributed by atoms with van der Waals surface area (Å²) in [7, 11) is 0. The van der Waals surface area contributed by atoms with Gasteiger partial charge < -0.3 is 9.72 Å². The van der Waals surface area contributed by atoms with Gasteiger partial charge in [-0.05, 0) is 43.3 Å². The van der Waals surface area contributed by atoms with Crippen LogP contribution >= 0.6 is 12.2 Å². The maximum absolute atomic E-state index is 12.9. The molecule has 0 atom stereocenters. The van der Waals surface area contributed by atoms with Crippen molar-refractivity contribution in [1.82, 2.24) is 14.5 Å². The lowest BCUT2D eigenvalue weighted by Gasteiger charge is -2.31. The number of nitrogens with one attached hydrogen (secondary N) is 1. The topological polar surface area (TPSA) is 59.9 Å². The smallest absolute Gasteiger partial charge is 0.281 e. The first-order valence-corrected chi connectivity index (χ1v) is 8.67. The van der Waals surface area contributed by atoms with Crippen LogP contribution in [0.4, 0.5) is 0 Å². The van der Waals surface area contributed by atoms with Crippen LogP contribution in [0.5, 0.6) is 0 Å². The fraction of sp³-hybridized carbons (Fsp3) is 0.316. The molecule has 0 saturated carbocycles. The van der Waals surface area contributed by atoms with Crippen molar-refractivity contribution in [3.63, 3.8) is 0 Å². The molecule has 4 rings (SSSR count). The molecule has 0 fully saturated rings. The molecule has 0 saturated heterocycles. The van der Waals surface area contributed by atoms with E-state index < -0.39 is 0 Å². The molecule has 5 nitrogen and oxygen atoms in total. The van der Waals surface area contributed by atoms with E-state index in [-0.39, 0.29) is 11.2 Å². The first-order valence-electron chi connectivity index (χ1n) is 8.26. The molecule has 25 heavy (non-hydrogen) atoms. The molecule has 0 bridgehead atoms. The van der Waals surface area contributed by atoms with Crippen molar-refractivity contribution in [2.45, 2.75) is 39.0 Å². The molecule has 0 spiro atoms. The Morgan fingerprint density at radius 1 is 1.32 bits per heavy atom. The average molecular weight is 353 g/mol. The largest absolute Gasteiger partial charge is 0.369 e. The molecule has 0 amide bonds. The van der Waals surface area contributed by atoms with E-state index in [1.54, 1.807) is 4.57 Å². The van der Waals surface area contributed by atoms with Gasteiger partial charge in [-0.1, -0.05) is 30.3 Å². The molecular weight excluding hydrogens is 334 g/mol. The molecule has 1 N–H and O–H groups in total. The van der Waals surface area contributed by atoms with E-state index in [1.807, 2.05) is 36.4 Å². The molecule has 1 aromatic carbocycles. The molecule has 1 aliphatic rings. The van der Waals surface area contributed by atoms with Crippen molar-refractivity contribution in [2.75, 3.05) is 0 Å². The number of rotatable bonds is 2. The van der Waals surface area contributed by atoms with Gasteiger partial charge in [0.15, 0.2) is 10.3 Å². The van der Waals surface area contributed by atoms with Gasteiger partial charge in [-0.15, -0.1) is 0 Å². The quantitative estimate of drug-likeness (QED) is 0.718. The van der Waals surface area contributed by atoms with E-state index in [0.29, 0.717) is 29.0 Å². The molecule has 0 aliphatic carbocycles. The van der Waals surface area contributed by atoms with Gasteiger partial charge in [0.1, 0.15) is 0 Å². The summed E-state index contributed by atoms with van der Waals surface area (Å²) in [6.45, 7) is 4.96. The van der Waals surface area contributed by atoms with E-state index in [2.05, 4.69) is 23.8 Å². The fourth-order valence-corrected chi connectivity index (χ4v) is 3.47. The van der Waals surface area contributed by atoms with Gasteiger partial charge in [0.25, 0.3) is 5.56 Å². The van der Waals surface area contributed by atoms with Crippen molar-refractivity contribution in [1.29, 1.82) is 0 Å². The molecule has 3 heterocycles. The van der Waals surface area contributed by atoms with Crippen molar-refractivity contribution < 1.29 is 4.74 Å². The number of nitrogens with zero attached hydrogens (tertiary/aromatic N) is 2. The normalized spacial score (nSPS) is 15.9. The van der Waals surface area contributed by atoms with Crippen LogP contribution in [-0.2, 0) is 24.3 Å². The van der Waals surface area contributed by atoms with Crippen LogP contribution < -0.4 is 5.56 Å². The van der Waals surface area contributed by atoms with E-state index in [1.165, 1.54) is 0 Å². The Morgan fingerprint density at radius 3 is 2.84 bits per heavy atom. The summed E-state index contributed by atoms with van der Waals surface area (Å²) in [5.41, 5.74) is 3.67. The Morgan fingerprint density at radius 2 is 2.08 bits per heavy atom. The van der Waals surface area contributed by atoms with Crippen molar-refractivity contribution >= 4 is 23.3 Å². The molecule has 0 unspecified atom stereocenters. The van der Waals surface area contributed by atoms with Crippen LogP contribution in [0, 0.1) is 4.77 Å². The third kappa shape index (κ3) is 3.03. The van der Waals surface area contributed by atoms with Gasteiger partial charge in [0.05, 0.1) is 30.0 Å². The lowest BCUT2D eigenvalue weighted by atomic mass is 9.94. The average Bonchev–Trinajstić information content (AvgIpc) is 2.57. The van der Waals surface area contributed by atoms with Crippen LogP contribution in [0.2, 0.25) is 0 Å². The third-order valence-corrected chi connectivity index (χ3v) is 4.85. The maximum atomic E-state index is 12.9. The molecule has 6 heteroatoms. The number of aromatic nitrogens is 3. The zero-order valence-corrected chi connectivity index (χ0v) is 15.0. The Hall–Kier alpha value is -2.31. The highest BCUT2D eigenvalue weighted by Crippen LogP contribution is 2.27. The minimum absolute atomic E-state index is 0.171. The second-order valence-corrected chi connectivity index (χ2v) is 7.41. The zero-order valence-electron chi connectivity index (χ0n) is 14.2. The molecule has 128 valence electrons. The van der Waals surface area contributed by atoms with E-state index in [4.69, 9.17) is 17.0 Å². The van der Waals surface area contributed by atoms with Gasteiger partial charge in [-0.2, -0.15) is 0 Å². The van der Waals surface area contributed by atoms with E-state index >= 15 is 0 Å². The van der Waals surface area contributed by atoms with Crippen molar-refractivity contribution in [2.24, 2.45) is 0 Å². The van der Waals surface area contributed by atoms with Gasteiger partial charge in [-0.3, -0.25) is 9.36 Å². The number of aromatic amines is 1. The zero-order chi connectivity index (χ0) is 17.6. The number of pyridine rings is 1. The highest BCUT2D eigenvalue weighted by atomic mass is 32.1. The first-order chi connectivity index (χ1) is 11.9. The second kappa shape index (κ2) is 5.89. The fourth-order valence-electron chi connectivity index (χ4n) is 3.21. The minimum atomic E-state index is -0.221.